The van der Waals surface area contributed by atoms with Crippen LogP contribution in [0.5, 0.6) is 0 Å². The fourth-order valence-electron chi connectivity index (χ4n) is 1.43. The third-order valence-corrected chi connectivity index (χ3v) is 2.13. The number of hydrogen-bond donors (Lipinski definition) is 1. The van der Waals surface area contributed by atoms with Crippen LogP contribution in [-0.2, 0) is 4.74 Å². The first-order valence-corrected chi connectivity index (χ1v) is 5.10. The van der Waals surface area contributed by atoms with E-state index in [4.69, 9.17) is 4.74 Å². The number of ether oxygens (including phenoxy) is 1. The molecule has 1 rings (SSSR count). The highest BCUT2D eigenvalue weighted by Gasteiger charge is 2.27. The van der Waals surface area contributed by atoms with Gasteiger partial charge in [0.1, 0.15) is 5.60 Å². The highest BCUT2D eigenvalue weighted by molar-refractivity contribution is 5.68. The molecule has 4 heteroatoms. The van der Waals surface area contributed by atoms with Crippen molar-refractivity contribution >= 4 is 6.09 Å². The van der Waals surface area contributed by atoms with E-state index in [0.717, 1.165) is 19.6 Å². The summed E-state index contributed by atoms with van der Waals surface area (Å²) >= 11 is 0. The molecular formula is C11H24N2O2. The summed E-state index contributed by atoms with van der Waals surface area (Å²) in [6.07, 6.45) is -0.202. The lowest BCUT2D eigenvalue weighted by Crippen LogP contribution is -2.53. The number of rotatable bonds is 0. The van der Waals surface area contributed by atoms with Crippen molar-refractivity contribution in [3.63, 3.8) is 0 Å². The molecule has 4 nitrogen and oxygen atoms in total. The summed E-state index contributed by atoms with van der Waals surface area (Å²) in [7, 11) is 0. The molecule has 0 radical (unpaired) electrons. The monoisotopic (exact) mass is 216 g/mol. The van der Waals surface area contributed by atoms with E-state index in [1.54, 1.807) is 4.90 Å². The van der Waals surface area contributed by atoms with Crippen molar-refractivity contribution in [1.82, 2.24) is 10.2 Å². The number of carbonyl (C=O) groups excluding carboxylic acids is 1. The van der Waals surface area contributed by atoms with E-state index in [2.05, 4.69) is 5.32 Å². The predicted octanol–water partition coefficient (Wildman–Crippen LogP) is 1.85. The van der Waals surface area contributed by atoms with E-state index in [0.29, 0.717) is 0 Å². The lowest BCUT2D eigenvalue weighted by molar-refractivity contribution is 0.0141. The van der Waals surface area contributed by atoms with Crippen molar-refractivity contribution in [1.29, 1.82) is 0 Å². The maximum Gasteiger partial charge on any atom is 0.410 e. The minimum atomic E-state index is -0.401. The van der Waals surface area contributed by atoms with E-state index < -0.39 is 5.60 Å². The smallest absolute Gasteiger partial charge is 0.410 e. The number of hydrogen-bond acceptors (Lipinski definition) is 3. The molecule has 0 aromatic carbocycles. The molecule has 1 saturated heterocycles. The zero-order valence-electron chi connectivity index (χ0n) is 9.46. The topological polar surface area (TPSA) is 41.6 Å². The Hall–Kier alpha value is -0.770. The molecule has 90 valence electrons. The summed E-state index contributed by atoms with van der Waals surface area (Å²) in [5, 5.41) is 3.23. The Bertz CT molecular complexity index is 211. The summed E-state index contributed by atoms with van der Waals surface area (Å²) in [4.78, 5) is 13.5. The quantitative estimate of drug-likeness (QED) is 0.672. The van der Waals surface area contributed by atoms with Crippen LogP contribution in [0.15, 0.2) is 0 Å². The van der Waals surface area contributed by atoms with Crippen LogP contribution in [0, 0.1) is 0 Å². The second-order valence-corrected chi connectivity index (χ2v) is 4.73. The standard InChI is InChI=1S/C10H20N2O2.CH4/c1-8-7-11-5-6-12(8)9(13)14-10(2,3)4;/h8,11H,5-7H2,1-4H3;1H4. The summed E-state index contributed by atoms with van der Waals surface area (Å²) in [6, 6.07) is 0.221. The molecule has 1 aliphatic heterocycles. The molecule has 1 aliphatic rings. The fourth-order valence-corrected chi connectivity index (χ4v) is 1.43. The molecule has 1 amide bonds. The molecule has 0 bridgehead atoms. The van der Waals surface area contributed by atoms with Gasteiger partial charge in [-0.05, 0) is 27.7 Å². The Kier molecular flexibility index (Phi) is 5.08. The van der Waals surface area contributed by atoms with Gasteiger partial charge in [-0.1, -0.05) is 7.43 Å². The van der Waals surface area contributed by atoms with Gasteiger partial charge in [0.05, 0.1) is 0 Å². The highest BCUT2D eigenvalue weighted by atomic mass is 16.6. The van der Waals surface area contributed by atoms with E-state index in [-0.39, 0.29) is 19.6 Å². The number of nitrogens with one attached hydrogen (secondary N) is 1. The van der Waals surface area contributed by atoms with Gasteiger partial charge >= 0.3 is 6.09 Å². The van der Waals surface area contributed by atoms with Gasteiger partial charge in [0.25, 0.3) is 0 Å². The van der Waals surface area contributed by atoms with Gasteiger partial charge in [0.15, 0.2) is 0 Å². The number of piperazine rings is 1. The molecule has 1 heterocycles. The number of nitrogens with zero attached hydrogens (tertiary/aromatic N) is 1. The van der Waals surface area contributed by atoms with E-state index in [9.17, 15) is 4.79 Å². The first kappa shape index (κ1) is 14.2. The van der Waals surface area contributed by atoms with Crippen molar-refractivity contribution in [2.45, 2.75) is 46.8 Å². The molecule has 1 fully saturated rings. The molecule has 1 atom stereocenters. The van der Waals surface area contributed by atoms with Crippen LogP contribution in [-0.4, -0.2) is 42.3 Å². The zero-order chi connectivity index (χ0) is 10.8. The molecular weight excluding hydrogens is 192 g/mol. The second kappa shape index (κ2) is 5.35. The zero-order valence-corrected chi connectivity index (χ0v) is 9.46. The van der Waals surface area contributed by atoms with E-state index in [1.807, 2.05) is 27.7 Å². The third kappa shape index (κ3) is 4.51. The summed E-state index contributed by atoms with van der Waals surface area (Å²) in [5.41, 5.74) is -0.401. The molecule has 15 heavy (non-hydrogen) atoms. The Morgan fingerprint density at radius 2 is 2.07 bits per heavy atom. The first-order valence-electron chi connectivity index (χ1n) is 5.10. The van der Waals surface area contributed by atoms with Gasteiger partial charge in [0, 0.05) is 25.7 Å². The van der Waals surface area contributed by atoms with Gasteiger partial charge in [-0.15, -0.1) is 0 Å². The van der Waals surface area contributed by atoms with Crippen molar-refractivity contribution in [2.24, 2.45) is 0 Å². The van der Waals surface area contributed by atoms with Crippen molar-refractivity contribution in [3.05, 3.63) is 0 Å². The van der Waals surface area contributed by atoms with E-state index in [1.165, 1.54) is 0 Å². The highest BCUT2D eigenvalue weighted by Crippen LogP contribution is 2.12. The lowest BCUT2D eigenvalue weighted by Gasteiger charge is -2.35. The molecule has 0 aromatic rings. The fraction of sp³-hybridized carbons (Fsp3) is 0.909. The van der Waals surface area contributed by atoms with Crippen LogP contribution in [0.25, 0.3) is 0 Å². The van der Waals surface area contributed by atoms with Gasteiger partial charge in [-0.25, -0.2) is 4.79 Å². The number of carbonyl (C=O) groups is 1. The molecule has 0 aromatic heterocycles. The molecule has 0 spiro atoms. The number of amides is 1. The molecule has 0 saturated carbocycles. The van der Waals surface area contributed by atoms with Crippen molar-refractivity contribution in [2.75, 3.05) is 19.6 Å². The second-order valence-electron chi connectivity index (χ2n) is 4.73. The Balaban J connectivity index is 0.00000196. The normalized spacial score (nSPS) is 21.9. The third-order valence-electron chi connectivity index (χ3n) is 2.13. The van der Waals surface area contributed by atoms with Crippen LogP contribution >= 0.6 is 0 Å². The molecule has 1 unspecified atom stereocenters. The van der Waals surface area contributed by atoms with Crippen molar-refractivity contribution < 1.29 is 9.53 Å². The van der Waals surface area contributed by atoms with E-state index >= 15 is 0 Å². The van der Waals surface area contributed by atoms with Gasteiger partial charge in [0.2, 0.25) is 0 Å². The van der Waals surface area contributed by atoms with Crippen LogP contribution in [0.4, 0.5) is 4.79 Å². The molecule has 1 N–H and O–H groups in total. The summed E-state index contributed by atoms with van der Waals surface area (Å²) in [5.74, 6) is 0. The average molecular weight is 216 g/mol. The van der Waals surface area contributed by atoms with Crippen LogP contribution in [0.2, 0.25) is 0 Å². The largest absolute Gasteiger partial charge is 0.444 e. The maximum atomic E-state index is 11.7. The maximum absolute atomic E-state index is 11.7. The Labute approximate surface area is 93.0 Å². The lowest BCUT2D eigenvalue weighted by atomic mass is 10.2. The van der Waals surface area contributed by atoms with Crippen LogP contribution in [0.3, 0.4) is 0 Å². The average Bonchev–Trinajstić information content (AvgIpc) is 2.01. The minimum absolute atomic E-state index is 0. The summed E-state index contributed by atoms with van der Waals surface area (Å²) < 4.78 is 5.31. The van der Waals surface area contributed by atoms with Gasteiger partial charge < -0.3 is 15.0 Å². The minimum Gasteiger partial charge on any atom is -0.444 e. The van der Waals surface area contributed by atoms with Crippen LogP contribution in [0.1, 0.15) is 35.1 Å². The Morgan fingerprint density at radius 3 is 2.53 bits per heavy atom. The first-order chi connectivity index (χ1) is 6.40. The van der Waals surface area contributed by atoms with Crippen LogP contribution < -0.4 is 5.32 Å². The van der Waals surface area contributed by atoms with Gasteiger partial charge in [-0.2, -0.15) is 0 Å². The van der Waals surface area contributed by atoms with Crippen molar-refractivity contribution in [3.8, 4) is 0 Å². The van der Waals surface area contributed by atoms with Gasteiger partial charge in [-0.3, -0.25) is 0 Å². The SMILES string of the molecule is C.CC1CNCCN1C(=O)OC(C)(C)C. The predicted molar refractivity (Wildman–Crippen MR) is 62.0 cm³/mol. The molecule has 0 aliphatic carbocycles. The Morgan fingerprint density at radius 1 is 1.47 bits per heavy atom. The summed E-state index contributed by atoms with van der Waals surface area (Å²) in [6.45, 7) is 10.1.